The van der Waals surface area contributed by atoms with Crippen LogP contribution in [0.25, 0.3) is 5.65 Å². The third-order valence-electron chi connectivity index (χ3n) is 2.45. The maximum atomic E-state index is 4.24. The van der Waals surface area contributed by atoms with Crippen LogP contribution in [0.1, 0.15) is 39.3 Å². The van der Waals surface area contributed by atoms with Crippen LogP contribution in [0.5, 0.6) is 0 Å². The Kier molecular flexibility index (Phi) is 3.45. The van der Waals surface area contributed by atoms with E-state index in [0.717, 1.165) is 5.65 Å². The maximum absolute atomic E-state index is 4.24. The van der Waals surface area contributed by atoms with Gasteiger partial charge in [0.1, 0.15) is 5.65 Å². The summed E-state index contributed by atoms with van der Waals surface area (Å²) in [5.74, 6) is 0. The number of nitrogens with one attached hydrogen (secondary N) is 1. The molecule has 3 nitrogen and oxygen atoms in total. The molecule has 0 saturated carbocycles. The van der Waals surface area contributed by atoms with Gasteiger partial charge in [-0.25, -0.2) is 4.98 Å². The van der Waals surface area contributed by atoms with Gasteiger partial charge >= 0.3 is 0 Å². The Morgan fingerprint density at radius 1 is 1.35 bits per heavy atom. The molecule has 0 saturated heterocycles. The first-order valence-electron chi connectivity index (χ1n) is 5.82. The largest absolute Gasteiger partial charge is 0.307 e. The minimum atomic E-state index is 0.230. The molecule has 1 unspecified atom stereocenters. The van der Waals surface area contributed by atoms with Gasteiger partial charge in [-0.3, -0.25) is 4.72 Å². The highest BCUT2D eigenvalue weighted by atomic mass is 32.2. The lowest BCUT2D eigenvalue weighted by atomic mass is 10.1. The third kappa shape index (κ3) is 3.23. The summed E-state index contributed by atoms with van der Waals surface area (Å²) >= 11 is 1.77. The minimum absolute atomic E-state index is 0.230. The fourth-order valence-corrected chi connectivity index (χ4v) is 2.19. The summed E-state index contributed by atoms with van der Waals surface area (Å²) in [6.07, 6.45) is 5.92. The van der Waals surface area contributed by atoms with Crippen LogP contribution in [0.15, 0.2) is 30.7 Å². The van der Waals surface area contributed by atoms with Crippen LogP contribution in [0.2, 0.25) is 0 Å². The zero-order valence-electron chi connectivity index (χ0n) is 10.8. The van der Waals surface area contributed by atoms with Crippen molar-refractivity contribution < 1.29 is 0 Å². The van der Waals surface area contributed by atoms with Crippen molar-refractivity contribution in [2.75, 3.05) is 0 Å². The van der Waals surface area contributed by atoms with Crippen LogP contribution < -0.4 is 4.72 Å². The lowest BCUT2D eigenvalue weighted by molar-refractivity contribution is 0.720. The summed E-state index contributed by atoms with van der Waals surface area (Å²) < 4.78 is 5.76. The first-order valence-corrected chi connectivity index (χ1v) is 6.63. The number of hydrogen-bond acceptors (Lipinski definition) is 3. The molecule has 2 heterocycles. The summed E-state index contributed by atoms with van der Waals surface area (Å²) in [6.45, 7) is 8.79. The molecular weight excluding hydrogens is 230 g/mol. The van der Waals surface area contributed by atoms with Gasteiger partial charge in [-0.2, -0.15) is 0 Å². The van der Waals surface area contributed by atoms with Crippen LogP contribution in [0.3, 0.4) is 0 Å². The van der Waals surface area contributed by atoms with E-state index in [0.29, 0.717) is 6.04 Å². The molecule has 2 aromatic rings. The second-order valence-corrected chi connectivity index (χ2v) is 6.87. The summed E-state index contributed by atoms with van der Waals surface area (Å²) in [4.78, 5) is 4.24. The fraction of sp³-hybridized carbons (Fsp3) is 0.462. The molecule has 92 valence electrons. The molecule has 1 atom stereocenters. The smallest absolute Gasteiger partial charge is 0.136 e. The molecule has 0 aliphatic heterocycles. The SMILES string of the molecule is CC(NSC(C)(C)C)c1ccc2nccn2c1. The standard InChI is InChI=1S/C13H19N3S/c1-10(15-17-13(2,3)4)11-5-6-12-14-7-8-16(12)9-11/h5-10,15H,1-4H3. The number of nitrogens with zero attached hydrogens (tertiary/aromatic N) is 2. The Labute approximate surface area is 107 Å². The molecule has 2 aromatic heterocycles. The molecule has 4 heteroatoms. The van der Waals surface area contributed by atoms with Crippen molar-refractivity contribution in [3.05, 3.63) is 36.3 Å². The van der Waals surface area contributed by atoms with E-state index in [4.69, 9.17) is 0 Å². The van der Waals surface area contributed by atoms with E-state index < -0.39 is 0 Å². The quantitative estimate of drug-likeness (QED) is 0.845. The van der Waals surface area contributed by atoms with Crippen molar-refractivity contribution in [1.82, 2.24) is 14.1 Å². The number of rotatable bonds is 3. The Morgan fingerprint density at radius 2 is 2.12 bits per heavy atom. The van der Waals surface area contributed by atoms with E-state index in [1.54, 1.807) is 11.9 Å². The average molecular weight is 249 g/mol. The van der Waals surface area contributed by atoms with Gasteiger partial charge in [0.05, 0.1) is 0 Å². The summed E-state index contributed by atoms with van der Waals surface area (Å²) in [7, 11) is 0. The molecule has 2 rings (SSSR count). The molecule has 0 bridgehead atoms. The number of fused-ring (bicyclic) bond motifs is 1. The van der Waals surface area contributed by atoms with Gasteiger partial charge in [-0.05, 0) is 39.3 Å². The van der Waals surface area contributed by atoms with Gasteiger partial charge in [0.25, 0.3) is 0 Å². The third-order valence-corrected chi connectivity index (χ3v) is 3.54. The van der Waals surface area contributed by atoms with E-state index in [1.807, 2.05) is 12.4 Å². The Bertz CT molecular complexity index is 499. The predicted molar refractivity (Wildman–Crippen MR) is 74.1 cm³/mol. The zero-order chi connectivity index (χ0) is 12.5. The van der Waals surface area contributed by atoms with Crippen molar-refractivity contribution in [3.63, 3.8) is 0 Å². The maximum Gasteiger partial charge on any atom is 0.136 e. The Balaban J connectivity index is 2.10. The van der Waals surface area contributed by atoms with Gasteiger partial charge in [0, 0.05) is 29.4 Å². The van der Waals surface area contributed by atoms with E-state index in [-0.39, 0.29) is 4.75 Å². The number of imidazole rings is 1. The van der Waals surface area contributed by atoms with E-state index >= 15 is 0 Å². The molecule has 0 radical (unpaired) electrons. The van der Waals surface area contributed by atoms with Crippen LogP contribution >= 0.6 is 11.9 Å². The summed E-state index contributed by atoms with van der Waals surface area (Å²) in [5, 5.41) is 0. The normalized spacial score (nSPS) is 14.1. The summed E-state index contributed by atoms with van der Waals surface area (Å²) in [6, 6.07) is 4.50. The topological polar surface area (TPSA) is 29.3 Å². The molecule has 17 heavy (non-hydrogen) atoms. The Hall–Kier alpha value is -1.00. The van der Waals surface area contributed by atoms with Crippen LogP contribution in [0, 0.1) is 0 Å². The predicted octanol–water partition coefficient (Wildman–Crippen LogP) is 3.43. The molecule has 0 spiro atoms. The number of aromatic nitrogens is 2. The second kappa shape index (κ2) is 4.70. The highest BCUT2D eigenvalue weighted by molar-refractivity contribution is 7.98. The number of pyridine rings is 1. The lowest BCUT2D eigenvalue weighted by Crippen LogP contribution is -2.20. The minimum Gasteiger partial charge on any atom is -0.307 e. The van der Waals surface area contributed by atoms with Gasteiger partial charge < -0.3 is 4.40 Å². The molecule has 0 aliphatic rings. The summed E-state index contributed by atoms with van der Waals surface area (Å²) in [5.41, 5.74) is 2.26. The highest BCUT2D eigenvalue weighted by Crippen LogP contribution is 2.24. The molecule has 0 aliphatic carbocycles. The molecule has 0 amide bonds. The average Bonchev–Trinajstić information content (AvgIpc) is 2.71. The van der Waals surface area contributed by atoms with Crippen LogP contribution in [-0.4, -0.2) is 14.1 Å². The van der Waals surface area contributed by atoms with Gasteiger partial charge in [0.15, 0.2) is 0 Å². The Morgan fingerprint density at radius 3 is 2.82 bits per heavy atom. The van der Waals surface area contributed by atoms with Crippen LogP contribution in [-0.2, 0) is 0 Å². The van der Waals surface area contributed by atoms with Crippen LogP contribution in [0.4, 0.5) is 0 Å². The number of hydrogen-bond donors (Lipinski definition) is 1. The van der Waals surface area contributed by atoms with Gasteiger partial charge in [-0.15, -0.1) is 0 Å². The molecule has 1 N–H and O–H groups in total. The van der Waals surface area contributed by atoms with Crippen molar-refractivity contribution in [2.45, 2.75) is 38.5 Å². The molecular formula is C13H19N3S. The molecule has 0 fully saturated rings. The zero-order valence-corrected chi connectivity index (χ0v) is 11.6. The van der Waals surface area contributed by atoms with E-state index in [2.05, 4.69) is 60.1 Å². The first kappa shape index (κ1) is 12.5. The fourth-order valence-electron chi connectivity index (χ4n) is 1.53. The monoisotopic (exact) mass is 249 g/mol. The van der Waals surface area contributed by atoms with Crippen molar-refractivity contribution >= 4 is 17.6 Å². The molecule has 0 aromatic carbocycles. The lowest BCUT2D eigenvalue weighted by Gasteiger charge is -2.22. The van der Waals surface area contributed by atoms with Crippen molar-refractivity contribution in [3.8, 4) is 0 Å². The van der Waals surface area contributed by atoms with E-state index in [9.17, 15) is 0 Å². The van der Waals surface area contributed by atoms with Gasteiger partial charge in [0.2, 0.25) is 0 Å². The first-order chi connectivity index (χ1) is 7.96. The van der Waals surface area contributed by atoms with E-state index in [1.165, 1.54) is 5.56 Å². The second-order valence-electron chi connectivity index (χ2n) is 5.21. The van der Waals surface area contributed by atoms with Gasteiger partial charge in [-0.1, -0.05) is 18.0 Å². The highest BCUT2D eigenvalue weighted by Gasteiger charge is 2.13. The van der Waals surface area contributed by atoms with Crippen molar-refractivity contribution in [2.24, 2.45) is 0 Å². The van der Waals surface area contributed by atoms with Crippen molar-refractivity contribution in [1.29, 1.82) is 0 Å².